The van der Waals surface area contributed by atoms with Gasteiger partial charge in [0.2, 0.25) is 0 Å². The predicted octanol–water partition coefficient (Wildman–Crippen LogP) is 1.26. The predicted molar refractivity (Wildman–Crippen MR) is 57.4 cm³/mol. The lowest BCUT2D eigenvalue weighted by atomic mass is 9.92. The maximum absolute atomic E-state index is 9.81. The quantitative estimate of drug-likeness (QED) is 0.680. The van der Waals surface area contributed by atoms with Crippen LogP contribution in [0.15, 0.2) is 0 Å². The van der Waals surface area contributed by atoms with Crippen molar-refractivity contribution in [3.63, 3.8) is 0 Å². The van der Waals surface area contributed by atoms with Crippen molar-refractivity contribution in [1.29, 1.82) is 0 Å². The maximum atomic E-state index is 9.81. The second-order valence-corrected chi connectivity index (χ2v) is 4.10. The fraction of sp³-hybridized carbons (Fsp3) is 1.00. The molecule has 1 aliphatic rings. The first-order chi connectivity index (χ1) is 6.75. The minimum atomic E-state index is -0.129. The van der Waals surface area contributed by atoms with Crippen molar-refractivity contribution in [2.45, 2.75) is 44.8 Å². The van der Waals surface area contributed by atoms with Gasteiger partial charge in [-0.3, -0.25) is 4.90 Å². The van der Waals surface area contributed by atoms with E-state index in [0.717, 1.165) is 32.6 Å². The molecule has 2 unspecified atom stereocenters. The Morgan fingerprint density at radius 1 is 1.36 bits per heavy atom. The van der Waals surface area contributed by atoms with Crippen LogP contribution in [0.3, 0.4) is 0 Å². The lowest BCUT2D eigenvalue weighted by molar-refractivity contribution is 0.0180. The van der Waals surface area contributed by atoms with E-state index in [9.17, 15) is 5.11 Å². The molecule has 0 bridgehead atoms. The zero-order valence-electron chi connectivity index (χ0n) is 9.41. The fourth-order valence-electron chi connectivity index (χ4n) is 2.12. The van der Waals surface area contributed by atoms with E-state index >= 15 is 0 Å². The zero-order valence-corrected chi connectivity index (χ0v) is 9.41. The smallest absolute Gasteiger partial charge is 0.0695 e. The van der Waals surface area contributed by atoms with E-state index in [0.29, 0.717) is 6.04 Å². The first kappa shape index (κ1) is 12.0. The highest BCUT2D eigenvalue weighted by Crippen LogP contribution is 2.21. The van der Waals surface area contributed by atoms with Crippen LogP contribution in [0.4, 0.5) is 0 Å². The summed E-state index contributed by atoms with van der Waals surface area (Å²) in [6.07, 6.45) is 4.39. The highest BCUT2D eigenvalue weighted by Gasteiger charge is 2.25. The Morgan fingerprint density at radius 3 is 2.71 bits per heavy atom. The van der Waals surface area contributed by atoms with Crippen LogP contribution in [0.2, 0.25) is 0 Å². The summed E-state index contributed by atoms with van der Waals surface area (Å²) in [5.74, 6) is 0. The molecule has 0 radical (unpaired) electrons. The Labute approximate surface area is 87.1 Å². The molecule has 1 N–H and O–H groups in total. The van der Waals surface area contributed by atoms with Crippen LogP contribution in [0.25, 0.3) is 0 Å². The Hall–Kier alpha value is -0.120. The Bertz CT molecular complexity index is 152. The maximum Gasteiger partial charge on any atom is 0.0695 e. The first-order valence-electron chi connectivity index (χ1n) is 5.71. The van der Waals surface area contributed by atoms with Crippen molar-refractivity contribution in [2.24, 2.45) is 0 Å². The summed E-state index contributed by atoms with van der Waals surface area (Å²) in [5, 5.41) is 9.81. The van der Waals surface area contributed by atoms with Crippen LogP contribution in [-0.2, 0) is 4.74 Å². The third kappa shape index (κ3) is 3.56. The van der Waals surface area contributed by atoms with E-state index in [2.05, 4.69) is 11.9 Å². The molecule has 14 heavy (non-hydrogen) atoms. The van der Waals surface area contributed by atoms with E-state index in [4.69, 9.17) is 4.74 Å². The molecular formula is C11H23NO2. The summed E-state index contributed by atoms with van der Waals surface area (Å²) in [5.41, 5.74) is 0. The molecule has 1 aliphatic carbocycles. The van der Waals surface area contributed by atoms with E-state index in [1.54, 1.807) is 0 Å². The van der Waals surface area contributed by atoms with Gasteiger partial charge in [-0.2, -0.15) is 0 Å². The summed E-state index contributed by atoms with van der Waals surface area (Å²) in [6.45, 7) is 4.49. The molecule has 0 amide bonds. The minimum Gasteiger partial charge on any atom is -0.391 e. The molecule has 1 fully saturated rings. The van der Waals surface area contributed by atoms with Crippen LogP contribution in [-0.4, -0.2) is 49.0 Å². The summed E-state index contributed by atoms with van der Waals surface area (Å²) in [4.78, 5) is 2.24. The summed E-state index contributed by atoms with van der Waals surface area (Å²) in [6, 6.07) is 0.351. The molecule has 0 saturated heterocycles. The number of aliphatic hydroxyl groups excluding tert-OH is 1. The average molecular weight is 201 g/mol. The van der Waals surface area contributed by atoms with Gasteiger partial charge in [-0.15, -0.1) is 0 Å². The standard InChI is InChI=1S/C11H23NO2/c1-3-14-9-8-12(2)10-6-4-5-7-11(10)13/h10-11,13H,3-9H2,1-2H3. The molecule has 1 saturated carbocycles. The van der Waals surface area contributed by atoms with Crippen LogP contribution >= 0.6 is 0 Å². The van der Waals surface area contributed by atoms with Crippen molar-refractivity contribution < 1.29 is 9.84 Å². The van der Waals surface area contributed by atoms with Gasteiger partial charge in [0, 0.05) is 19.2 Å². The van der Waals surface area contributed by atoms with Crippen molar-refractivity contribution in [3.8, 4) is 0 Å². The highest BCUT2D eigenvalue weighted by molar-refractivity contribution is 4.81. The number of rotatable bonds is 5. The van der Waals surface area contributed by atoms with Crippen LogP contribution in [0.5, 0.6) is 0 Å². The molecule has 3 heteroatoms. The van der Waals surface area contributed by atoms with Gasteiger partial charge in [0.05, 0.1) is 12.7 Å². The average Bonchev–Trinajstić information content (AvgIpc) is 2.18. The Balaban J connectivity index is 2.23. The third-order valence-electron chi connectivity index (χ3n) is 3.05. The minimum absolute atomic E-state index is 0.129. The second-order valence-electron chi connectivity index (χ2n) is 4.10. The monoisotopic (exact) mass is 201 g/mol. The van der Waals surface area contributed by atoms with Gasteiger partial charge in [-0.25, -0.2) is 0 Å². The van der Waals surface area contributed by atoms with Crippen molar-refractivity contribution >= 4 is 0 Å². The van der Waals surface area contributed by atoms with E-state index < -0.39 is 0 Å². The van der Waals surface area contributed by atoms with Crippen molar-refractivity contribution in [2.75, 3.05) is 26.8 Å². The topological polar surface area (TPSA) is 32.7 Å². The number of aliphatic hydroxyl groups is 1. The number of nitrogens with zero attached hydrogens (tertiary/aromatic N) is 1. The molecule has 0 aliphatic heterocycles. The van der Waals surface area contributed by atoms with Gasteiger partial charge in [0.25, 0.3) is 0 Å². The molecule has 3 nitrogen and oxygen atoms in total. The van der Waals surface area contributed by atoms with Crippen LogP contribution in [0.1, 0.15) is 32.6 Å². The summed E-state index contributed by atoms with van der Waals surface area (Å²) < 4.78 is 5.31. The molecule has 0 aromatic carbocycles. The second kappa shape index (κ2) is 6.38. The van der Waals surface area contributed by atoms with Crippen molar-refractivity contribution in [3.05, 3.63) is 0 Å². The lowest BCUT2D eigenvalue weighted by Crippen LogP contribution is -2.44. The summed E-state index contributed by atoms with van der Waals surface area (Å²) in [7, 11) is 2.08. The molecule has 0 spiro atoms. The number of hydrogen-bond acceptors (Lipinski definition) is 3. The van der Waals surface area contributed by atoms with E-state index in [1.165, 1.54) is 12.8 Å². The van der Waals surface area contributed by atoms with Gasteiger partial charge in [-0.05, 0) is 26.8 Å². The fourth-order valence-corrected chi connectivity index (χ4v) is 2.12. The van der Waals surface area contributed by atoms with Crippen LogP contribution < -0.4 is 0 Å². The van der Waals surface area contributed by atoms with E-state index in [-0.39, 0.29) is 6.10 Å². The molecule has 2 atom stereocenters. The zero-order chi connectivity index (χ0) is 10.4. The number of hydrogen-bond donors (Lipinski definition) is 1. The highest BCUT2D eigenvalue weighted by atomic mass is 16.5. The molecule has 0 heterocycles. The van der Waals surface area contributed by atoms with Crippen LogP contribution in [0, 0.1) is 0 Å². The first-order valence-corrected chi connectivity index (χ1v) is 5.71. The van der Waals surface area contributed by atoms with Gasteiger partial charge < -0.3 is 9.84 Å². The molecule has 0 aromatic heterocycles. The summed E-state index contributed by atoms with van der Waals surface area (Å²) >= 11 is 0. The largest absolute Gasteiger partial charge is 0.391 e. The Morgan fingerprint density at radius 2 is 2.07 bits per heavy atom. The Kier molecular flexibility index (Phi) is 5.45. The van der Waals surface area contributed by atoms with Crippen molar-refractivity contribution in [1.82, 2.24) is 4.90 Å². The van der Waals surface area contributed by atoms with Gasteiger partial charge in [0.15, 0.2) is 0 Å². The van der Waals surface area contributed by atoms with Gasteiger partial charge in [0.1, 0.15) is 0 Å². The van der Waals surface area contributed by atoms with Gasteiger partial charge >= 0.3 is 0 Å². The molecular weight excluding hydrogens is 178 g/mol. The SMILES string of the molecule is CCOCCN(C)C1CCCCC1O. The number of ether oxygens (including phenoxy) is 1. The normalized spacial score (nSPS) is 28.3. The van der Waals surface area contributed by atoms with Gasteiger partial charge in [-0.1, -0.05) is 12.8 Å². The third-order valence-corrected chi connectivity index (χ3v) is 3.05. The molecule has 84 valence electrons. The van der Waals surface area contributed by atoms with E-state index in [1.807, 2.05) is 6.92 Å². The lowest BCUT2D eigenvalue weighted by Gasteiger charge is -2.35. The number of likely N-dealkylation sites (N-methyl/N-ethyl adjacent to an activating group) is 1. The molecule has 1 rings (SSSR count). The molecule has 0 aromatic rings.